The van der Waals surface area contributed by atoms with Crippen molar-refractivity contribution in [3.63, 3.8) is 0 Å². The summed E-state index contributed by atoms with van der Waals surface area (Å²) in [5.41, 5.74) is 0.544. The molecule has 0 spiro atoms. The van der Waals surface area contributed by atoms with Gasteiger partial charge in [-0.3, -0.25) is 0 Å². The average molecular weight is 111 g/mol. The maximum atomic E-state index is 8.71. The van der Waals surface area contributed by atoms with Crippen LogP contribution in [0, 0.1) is 6.92 Å². The zero-order valence-corrected chi connectivity index (χ0v) is 4.80. The highest BCUT2D eigenvalue weighted by molar-refractivity contribution is 6.32. The molecule has 0 bridgehead atoms. The van der Waals surface area contributed by atoms with Crippen molar-refractivity contribution >= 4 is 13.4 Å². The van der Waals surface area contributed by atoms with Crippen molar-refractivity contribution in [2.75, 3.05) is 0 Å². The minimum atomic E-state index is -0.0810. The topological polar surface area (TPSA) is 46.3 Å². The predicted molar refractivity (Wildman–Crippen MR) is 31.1 cm³/mol. The first-order chi connectivity index (χ1) is 3.70. The lowest BCUT2D eigenvalue weighted by Gasteiger charge is -1.76. The van der Waals surface area contributed by atoms with Gasteiger partial charge in [0.1, 0.15) is 0 Å². The van der Waals surface area contributed by atoms with Gasteiger partial charge in [0.15, 0.2) is 13.7 Å². The molecule has 3 nitrogen and oxygen atoms in total. The first kappa shape index (κ1) is 5.22. The summed E-state index contributed by atoms with van der Waals surface area (Å²) in [6, 6.07) is 0. The summed E-state index contributed by atoms with van der Waals surface area (Å²) in [5.74, 6) is 0.419. The van der Waals surface area contributed by atoms with Gasteiger partial charge in [-0.05, 0) is 0 Å². The first-order valence-electron chi connectivity index (χ1n) is 2.33. The van der Waals surface area contributed by atoms with E-state index in [9.17, 15) is 0 Å². The molecule has 0 fully saturated rings. The molecule has 0 saturated carbocycles. The highest BCUT2D eigenvalue weighted by atomic mass is 16.5. The van der Waals surface area contributed by atoms with Crippen LogP contribution in [0.15, 0.2) is 4.42 Å². The third kappa shape index (κ3) is 0.687. The molecule has 0 radical (unpaired) electrons. The van der Waals surface area contributed by atoms with Crippen molar-refractivity contribution in [2.45, 2.75) is 6.92 Å². The van der Waals surface area contributed by atoms with Gasteiger partial charge >= 0.3 is 0 Å². The molecular weight excluding hydrogens is 105 g/mol. The molecule has 1 N–H and O–H groups in total. The SMILES string of the molecule is Bc1nc(C)oc1O. The summed E-state index contributed by atoms with van der Waals surface area (Å²) >= 11 is 0. The Labute approximate surface area is 47.8 Å². The van der Waals surface area contributed by atoms with Crippen LogP contribution in [0.4, 0.5) is 0 Å². The normalized spacial score (nSPS) is 9.62. The Bertz CT molecular complexity index is 176. The van der Waals surface area contributed by atoms with Crippen LogP contribution in [0.25, 0.3) is 0 Å². The lowest BCUT2D eigenvalue weighted by atomic mass is 10.1. The number of oxazole rings is 1. The molecule has 0 aliphatic heterocycles. The van der Waals surface area contributed by atoms with E-state index >= 15 is 0 Å². The van der Waals surface area contributed by atoms with Gasteiger partial charge in [-0.15, -0.1) is 0 Å². The quantitative estimate of drug-likeness (QED) is 0.434. The second-order valence-electron chi connectivity index (χ2n) is 1.62. The molecule has 4 heteroatoms. The van der Waals surface area contributed by atoms with Crippen LogP contribution in [0.2, 0.25) is 0 Å². The van der Waals surface area contributed by atoms with E-state index in [0.717, 1.165) is 0 Å². The molecule has 42 valence electrons. The Morgan fingerprint density at radius 2 is 2.38 bits per heavy atom. The highest BCUT2D eigenvalue weighted by Crippen LogP contribution is 2.03. The van der Waals surface area contributed by atoms with Crippen LogP contribution in [0.5, 0.6) is 5.95 Å². The average Bonchev–Trinajstić information content (AvgIpc) is 1.85. The Balaban J connectivity index is 3.14. The van der Waals surface area contributed by atoms with Crippen LogP contribution in [0.3, 0.4) is 0 Å². The summed E-state index contributed by atoms with van der Waals surface area (Å²) in [4.78, 5) is 3.79. The lowest BCUT2D eigenvalue weighted by Crippen LogP contribution is -2.01. The Morgan fingerprint density at radius 1 is 1.75 bits per heavy atom. The van der Waals surface area contributed by atoms with E-state index < -0.39 is 0 Å². The Kier molecular flexibility index (Phi) is 1.01. The van der Waals surface area contributed by atoms with Gasteiger partial charge in [-0.25, -0.2) is 4.98 Å². The molecule has 1 heterocycles. The van der Waals surface area contributed by atoms with Crippen molar-refractivity contribution in [2.24, 2.45) is 0 Å². The number of hydrogen-bond acceptors (Lipinski definition) is 3. The summed E-state index contributed by atoms with van der Waals surface area (Å²) in [5, 5.41) is 8.71. The van der Waals surface area contributed by atoms with Crippen molar-refractivity contribution < 1.29 is 9.52 Å². The number of aromatic hydroxyl groups is 1. The van der Waals surface area contributed by atoms with E-state index in [1.165, 1.54) is 0 Å². The number of aryl methyl sites for hydroxylation is 1. The predicted octanol–water partition coefficient (Wildman–Crippen LogP) is -1.05. The van der Waals surface area contributed by atoms with Crippen LogP contribution < -0.4 is 5.59 Å². The van der Waals surface area contributed by atoms with E-state index in [4.69, 9.17) is 5.11 Å². The third-order valence-corrected chi connectivity index (χ3v) is 0.879. The summed E-state index contributed by atoms with van der Waals surface area (Å²) in [7, 11) is 1.69. The Hall–Kier alpha value is -0.925. The van der Waals surface area contributed by atoms with Crippen molar-refractivity contribution in [3.05, 3.63) is 5.89 Å². The lowest BCUT2D eigenvalue weighted by molar-refractivity contribution is 0.325. The standard InChI is InChI=1S/C4H6BNO2/c1-2-6-3(5)4(7)8-2/h7H,5H2,1H3. The van der Waals surface area contributed by atoms with Gasteiger partial charge in [0.25, 0.3) is 5.95 Å². The van der Waals surface area contributed by atoms with E-state index in [2.05, 4.69) is 9.40 Å². The molecule has 1 rings (SSSR count). The zero-order chi connectivity index (χ0) is 6.15. The van der Waals surface area contributed by atoms with Crippen molar-refractivity contribution in [1.29, 1.82) is 0 Å². The number of rotatable bonds is 0. The molecule has 1 aromatic heterocycles. The fraction of sp³-hybridized carbons (Fsp3) is 0.250. The molecule has 0 atom stereocenters. The van der Waals surface area contributed by atoms with Crippen LogP contribution >= 0.6 is 0 Å². The highest BCUT2D eigenvalue weighted by Gasteiger charge is 2.00. The second-order valence-corrected chi connectivity index (χ2v) is 1.62. The molecule has 0 aromatic carbocycles. The van der Waals surface area contributed by atoms with Crippen LogP contribution in [-0.2, 0) is 0 Å². The Morgan fingerprint density at radius 3 is 2.50 bits per heavy atom. The summed E-state index contributed by atoms with van der Waals surface area (Å²) < 4.78 is 4.66. The molecular formula is C4H6BNO2. The third-order valence-electron chi connectivity index (χ3n) is 0.879. The maximum Gasteiger partial charge on any atom is 0.295 e. The fourth-order valence-electron chi connectivity index (χ4n) is 0.521. The minimum Gasteiger partial charge on any atom is -0.480 e. The molecule has 0 aliphatic carbocycles. The molecule has 1 aromatic rings. The molecule has 8 heavy (non-hydrogen) atoms. The van der Waals surface area contributed by atoms with Gasteiger partial charge in [-0.2, -0.15) is 0 Å². The van der Waals surface area contributed by atoms with Gasteiger partial charge in [0.05, 0.1) is 5.59 Å². The zero-order valence-electron chi connectivity index (χ0n) is 4.80. The molecule has 0 saturated heterocycles. The summed E-state index contributed by atoms with van der Waals surface area (Å²) in [6.45, 7) is 1.69. The van der Waals surface area contributed by atoms with Crippen molar-refractivity contribution in [3.8, 4) is 5.95 Å². The van der Waals surface area contributed by atoms with Gasteiger partial charge in [-0.1, -0.05) is 0 Å². The number of aromatic nitrogens is 1. The van der Waals surface area contributed by atoms with Crippen LogP contribution in [-0.4, -0.2) is 17.9 Å². The number of hydrogen-bond donors (Lipinski definition) is 1. The number of nitrogens with zero attached hydrogens (tertiary/aromatic N) is 1. The fourth-order valence-corrected chi connectivity index (χ4v) is 0.521. The second kappa shape index (κ2) is 1.54. The van der Waals surface area contributed by atoms with E-state index in [0.29, 0.717) is 11.5 Å². The van der Waals surface area contributed by atoms with Gasteiger partial charge in [0, 0.05) is 6.92 Å². The monoisotopic (exact) mass is 111 g/mol. The summed E-state index contributed by atoms with van der Waals surface area (Å²) in [6.07, 6.45) is 0. The maximum absolute atomic E-state index is 8.71. The van der Waals surface area contributed by atoms with Gasteiger partial charge < -0.3 is 9.52 Å². The van der Waals surface area contributed by atoms with Crippen molar-refractivity contribution in [1.82, 2.24) is 4.98 Å². The van der Waals surface area contributed by atoms with Gasteiger partial charge in [0.2, 0.25) is 0 Å². The largest absolute Gasteiger partial charge is 0.480 e. The van der Waals surface area contributed by atoms with E-state index in [1.807, 2.05) is 0 Å². The first-order valence-corrected chi connectivity index (χ1v) is 2.33. The molecule has 0 aliphatic rings. The molecule has 0 unspecified atom stereocenters. The van der Waals surface area contributed by atoms with E-state index in [1.54, 1.807) is 14.8 Å². The molecule has 0 amide bonds. The van der Waals surface area contributed by atoms with E-state index in [-0.39, 0.29) is 5.95 Å². The minimum absolute atomic E-state index is 0.0810. The van der Waals surface area contributed by atoms with Crippen LogP contribution in [0.1, 0.15) is 5.89 Å². The smallest absolute Gasteiger partial charge is 0.295 e.